The van der Waals surface area contributed by atoms with E-state index in [1.807, 2.05) is 58.9 Å². The van der Waals surface area contributed by atoms with E-state index < -0.39 is 5.79 Å². The maximum atomic E-state index is 6.23. The first-order valence-electron chi connectivity index (χ1n) is 7.49. The Hall–Kier alpha value is -1.28. The standard InChI is InChI=1S/C19H30O2/c1-14(2)15-10-12-16(13-11-15)20-19(9,17(3,4)5)21-18(6,7)8/h10-13H,1H2,2-9H3. The quantitative estimate of drug-likeness (QED) is 0.664. The van der Waals surface area contributed by atoms with E-state index in [0.29, 0.717) is 0 Å². The lowest BCUT2D eigenvalue weighted by atomic mass is 9.85. The van der Waals surface area contributed by atoms with Gasteiger partial charge in [-0.3, -0.25) is 0 Å². The second-order valence-corrected chi connectivity index (χ2v) is 7.82. The number of hydrogen-bond donors (Lipinski definition) is 0. The molecule has 0 aromatic heterocycles. The van der Waals surface area contributed by atoms with Crippen LogP contribution in [0.15, 0.2) is 30.8 Å². The molecule has 0 heterocycles. The normalized spacial score (nSPS) is 15.4. The van der Waals surface area contributed by atoms with Crippen molar-refractivity contribution in [2.75, 3.05) is 0 Å². The molecule has 0 radical (unpaired) electrons. The summed E-state index contributed by atoms with van der Waals surface area (Å²) in [6, 6.07) is 8.00. The minimum atomic E-state index is -0.712. The van der Waals surface area contributed by atoms with Crippen LogP contribution in [0.1, 0.15) is 61.0 Å². The van der Waals surface area contributed by atoms with Crippen molar-refractivity contribution in [3.8, 4) is 5.75 Å². The van der Waals surface area contributed by atoms with Crippen LogP contribution in [-0.2, 0) is 4.74 Å². The molecule has 1 aromatic carbocycles. The van der Waals surface area contributed by atoms with Crippen molar-refractivity contribution in [2.24, 2.45) is 5.41 Å². The highest BCUT2D eigenvalue weighted by molar-refractivity contribution is 5.61. The first-order valence-corrected chi connectivity index (χ1v) is 7.49. The largest absolute Gasteiger partial charge is 0.462 e. The van der Waals surface area contributed by atoms with Crippen molar-refractivity contribution >= 4 is 5.57 Å². The Morgan fingerprint density at radius 1 is 0.905 bits per heavy atom. The van der Waals surface area contributed by atoms with Crippen molar-refractivity contribution in [2.45, 2.75) is 66.8 Å². The van der Waals surface area contributed by atoms with Crippen molar-refractivity contribution in [1.82, 2.24) is 0 Å². The zero-order valence-corrected chi connectivity index (χ0v) is 14.8. The van der Waals surface area contributed by atoms with Gasteiger partial charge in [0.1, 0.15) is 5.75 Å². The van der Waals surface area contributed by atoms with Gasteiger partial charge in [-0.2, -0.15) is 0 Å². The van der Waals surface area contributed by atoms with Crippen LogP contribution in [0, 0.1) is 5.41 Å². The van der Waals surface area contributed by atoms with Gasteiger partial charge in [-0.1, -0.05) is 45.1 Å². The highest BCUT2D eigenvalue weighted by Gasteiger charge is 2.44. The first kappa shape index (κ1) is 17.8. The number of benzene rings is 1. The Morgan fingerprint density at radius 2 is 1.38 bits per heavy atom. The predicted octanol–water partition coefficient (Wildman–Crippen LogP) is 5.68. The zero-order chi connectivity index (χ0) is 16.5. The molecule has 118 valence electrons. The minimum Gasteiger partial charge on any atom is -0.462 e. The lowest BCUT2D eigenvalue weighted by Gasteiger charge is -2.45. The molecule has 0 aliphatic heterocycles. The summed E-state index contributed by atoms with van der Waals surface area (Å²) in [6.07, 6.45) is 0. The molecule has 21 heavy (non-hydrogen) atoms. The van der Waals surface area contributed by atoms with Crippen LogP contribution >= 0.6 is 0 Å². The Balaban J connectivity index is 3.04. The Labute approximate surface area is 130 Å². The molecule has 0 spiro atoms. The zero-order valence-electron chi connectivity index (χ0n) is 14.8. The Bertz CT molecular complexity index is 486. The van der Waals surface area contributed by atoms with Gasteiger partial charge in [0.05, 0.1) is 5.60 Å². The van der Waals surface area contributed by atoms with Gasteiger partial charge in [0.15, 0.2) is 0 Å². The van der Waals surface area contributed by atoms with Gasteiger partial charge in [0.25, 0.3) is 0 Å². The molecule has 2 nitrogen and oxygen atoms in total. The summed E-state index contributed by atoms with van der Waals surface area (Å²) in [5.41, 5.74) is 1.73. The molecule has 2 heteroatoms. The highest BCUT2D eigenvalue weighted by atomic mass is 16.7. The third-order valence-electron chi connectivity index (χ3n) is 3.52. The highest BCUT2D eigenvalue weighted by Crippen LogP contribution is 2.38. The van der Waals surface area contributed by atoms with Gasteiger partial charge in [-0.15, -0.1) is 0 Å². The molecule has 0 N–H and O–H groups in total. The van der Waals surface area contributed by atoms with E-state index in [9.17, 15) is 0 Å². The fourth-order valence-corrected chi connectivity index (χ4v) is 1.94. The van der Waals surface area contributed by atoms with Crippen LogP contribution < -0.4 is 4.74 Å². The monoisotopic (exact) mass is 290 g/mol. The average molecular weight is 290 g/mol. The second kappa shape index (κ2) is 5.84. The smallest absolute Gasteiger partial charge is 0.213 e. The molecule has 1 aromatic rings. The molecule has 0 aliphatic rings. The molecule has 0 saturated heterocycles. The van der Waals surface area contributed by atoms with E-state index in [0.717, 1.165) is 16.9 Å². The molecular formula is C19H30O2. The number of rotatable bonds is 4. The lowest BCUT2D eigenvalue weighted by Crippen LogP contribution is -2.51. The maximum Gasteiger partial charge on any atom is 0.213 e. The van der Waals surface area contributed by atoms with Crippen LogP contribution in [0.5, 0.6) is 5.75 Å². The number of hydrogen-bond acceptors (Lipinski definition) is 2. The minimum absolute atomic E-state index is 0.159. The van der Waals surface area contributed by atoms with Crippen LogP contribution in [0.2, 0.25) is 0 Å². The van der Waals surface area contributed by atoms with Gasteiger partial charge in [0.2, 0.25) is 5.79 Å². The summed E-state index contributed by atoms with van der Waals surface area (Å²) in [6.45, 7) is 20.5. The summed E-state index contributed by atoms with van der Waals surface area (Å²) in [4.78, 5) is 0. The molecule has 0 fully saturated rings. The molecule has 0 amide bonds. The number of allylic oxidation sites excluding steroid dienone is 1. The Morgan fingerprint density at radius 3 is 1.71 bits per heavy atom. The van der Waals surface area contributed by atoms with Crippen molar-refractivity contribution in [3.63, 3.8) is 0 Å². The van der Waals surface area contributed by atoms with Crippen LogP contribution in [0.4, 0.5) is 0 Å². The number of ether oxygens (including phenoxy) is 2. The third kappa shape index (κ3) is 4.89. The van der Waals surface area contributed by atoms with E-state index in [2.05, 4.69) is 27.4 Å². The van der Waals surface area contributed by atoms with E-state index in [1.165, 1.54) is 0 Å². The van der Waals surface area contributed by atoms with Gasteiger partial charge in [-0.25, -0.2) is 0 Å². The van der Waals surface area contributed by atoms with Gasteiger partial charge in [0, 0.05) is 12.3 Å². The predicted molar refractivity (Wildman–Crippen MR) is 90.5 cm³/mol. The SMILES string of the molecule is C=C(C)c1ccc(OC(C)(OC(C)(C)C)C(C)(C)C)cc1. The van der Waals surface area contributed by atoms with Crippen molar-refractivity contribution in [1.29, 1.82) is 0 Å². The molecule has 1 unspecified atom stereocenters. The summed E-state index contributed by atoms with van der Waals surface area (Å²) in [5, 5.41) is 0. The second-order valence-electron chi connectivity index (χ2n) is 7.82. The van der Waals surface area contributed by atoms with Gasteiger partial charge < -0.3 is 9.47 Å². The summed E-state index contributed by atoms with van der Waals surface area (Å²) in [5.74, 6) is 0.0948. The third-order valence-corrected chi connectivity index (χ3v) is 3.52. The Kier molecular flexibility index (Phi) is 4.94. The van der Waals surface area contributed by atoms with E-state index >= 15 is 0 Å². The first-order chi connectivity index (χ1) is 9.34. The summed E-state index contributed by atoms with van der Waals surface area (Å²) < 4.78 is 12.5. The molecule has 1 rings (SSSR count). The van der Waals surface area contributed by atoms with E-state index in [1.54, 1.807) is 0 Å². The lowest BCUT2D eigenvalue weighted by molar-refractivity contribution is -0.273. The van der Waals surface area contributed by atoms with Crippen molar-refractivity contribution < 1.29 is 9.47 Å². The van der Waals surface area contributed by atoms with Crippen LogP contribution in [-0.4, -0.2) is 11.4 Å². The van der Waals surface area contributed by atoms with Crippen molar-refractivity contribution in [3.05, 3.63) is 36.4 Å². The van der Waals surface area contributed by atoms with Gasteiger partial charge in [-0.05, 0) is 45.4 Å². The summed E-state index contributed by atoms with van der Waals surface area (Å²) in [7, 11) is 0. The van der Waals surface area contributed by atoms with Crippen LogP contribution in [0.25, 0.3) is 5.57 Å². The molecular weight excluding hydrogens is 260 g/mol. The molecule has 0 saturated carbocycles. The summed E-state index contributed by atoms with van der Waals surface area (Å²) >= 11 is 0. The molecule has 1 atom stereocenters. The van der Waals surface area contributed by atoms with Crippen LogP contribution in [0.3, 0.4) is 0 Å². The van der Waals surface area contributed by atoms with E-state index in [4.69, 9.17) is 9.47 Å². The van der Waals surface area contributed by atoms with E-state index in [-0.39, 0.29) is 11.0 Å². The maximum absolute atomic E-state index is 6.23. The molecule has 0 bridgehead atoms. The topological polar surface area (TPSA) is 18.5 Å². The average Bonchev–Trinajstić information content (AvgIpc) is 2.25. The fourth-order valence-electron chi connectivity index (χ4n) is 1.94. The fraction of sp³-hybridized carbons (Fsp3) is 0.579. The van der Waals surface area contributed by atoms with Gasteiger partial charge >= 0.3 is 0 Å². The molecule has 0 aliphatic carbocycles.